The maximum Gasteiger partial charge on any atom is 0.251 e. The summed E-state index contributed by atoms with van der Waals surface area (Å²) in [6.07, 6.45) is 0.514. The molecule has 0 aliphatic rings. The number of H-pyrrole nitrogens is 1. The van der Waals surface area contributed by atoms with Gasteiger partial charge in [-0.25, -0.2) is 4.39 Å². The van der Waals surface area contributed by atoms with Crippen molar-refractivity contribution in [1.82, 2.24) is 4.98 Å². The Bertz CT molecular complexity index is 991. The fourth-order valence-electron chi connectivity index (χ4n) is 2.83. The van der Waals surface area contributed by atoms with Crippen LogP contribution in [0.5, 0.6) is 0 Å². The first-order valence-electron chi connectivity index (χ1n) is 8.63. The zero-order valence-corrected chi connectivity index (χ0v) is 14.8. The van der Waals surface area contributed by atoms with E-state index >= 15 is 0 Å². The van der Waals surface area contributed by atoms with Crippen LogP contribution in [0.25, 0.3) is 10.9 Å². The third-order valence-corrected chi connectivity index (χ3v) is 4.37. The lowest BCUT2D eigenvalue weighted by Gasteiger charge is -2.08. The van der Waals surface area contributed by atoms with Crippen molar-refractivity contribution in [2.45, 2.75) is 32.6 Å². The maximum absolute atomic E-state index is 13.2. The molecule has 0 aliphatic carbocycles. The number of carbonyl (C=O) groups is 1. The van der Waals surface area contributed by atoms with Crippen LogP contribution in [0.15, 0.2) is 53.3 Å². The van der Waals surface area contributed by atoms with Gasteiger partial charge in [0.2, 0.25) is 5.91 Å². The fourth-order valence-corrected chi connectivity index (χ4v) is 2.83. The molecule has 26 heavy (non-hydrogen) atoms. The van der Waals surface area contributed by atoms with Crippen LogP contribution in [-0.4, -0.2) is 10.9 Å². The maximum atomic E-state index is 13.2. The second-order valence-corrected chi connectivity index (χ2v) is 6.68. The van der Waals surface area contributed by atoms with Crippen molar-refractivity contribution in [2.24, 2.45) is 0 Å². The third kappa shape index (κ3) is 4.17. The van der Waals surface area contributed by atoms with Crippen molar-refractivity contribution >= 4 is 22.5 Å². The number of pyridine rings is 1. The normalized spacial score (nSPS) is 11.1. The average Bonchev–Trinajstić information content (AvgIpc) is 2.60. The van der Waals surface area contributed by atoms with Gasteiger partial charge < -0.3 is 10.3 Å². The van der Waals surface area contributed by atoms with E-state index in [1.165, 1.54) is 17.7 Å². The summed E-state index contributed by atoms with van der Waals surface area (Å²) >= 11 is 0. The number of halogens is 1. The minimum Gasteiger partial charge on any atom is -0.326 e. The molecule has 3 rings (SSSR count). The van der Waals surface area contributed by atoms with Crippen molar-refractivity contribution in [3.63, 3.8) is 0 Å². The lowest BCUT2D eigenvalue weighted by atomic mass is 10.0. The molecule has 4 nitrogen and oxygen atoms in total. The molecule has 0 aliphatic heterocycles. The summed E-state index contributed by atoms with van der Waals surface area (Å²) in [5.41, 5.74) is 2.62. The van der Waals surface area contributed by atoms with Gasteiger partial charge in [0.25, 0.3) is 5.56 Å². The molecule has 1 amide bonds. The Labute approximate surface area is 151 Å². The number of aromatic amines is 1. The molecule has 0 saturated heterocycles. The number of fused-ring (bicyclic) bond motifs is 1. The van der Waals surface area contributed by atoms with Gasteiger partial charge in [0, 0.05) is 17.7 Å². The van der Waals surface area contributed by atoms with Gasteiger partial charge in [-0.3, -0.25) is 9.59 Å². The molecule has 0 saturated carbocycles. The molecule has 0 fully saturated rings. The Hall–Kier alpha value is -2.95. The average molecular weight is 352 g/mol. The summed E-state index contributed by atoms with van der Waals surface area (Å²) in [5.74, 6) is -0.113. The standard InChI is InChI=1S/C21H21FN2O2/c1-13(2)14-4-8-18(9-5-14)23-20(25)10-6-16-11-15-3-7-17(22)12-19(15)24-21(16)26/h3-5,7-9,11-13H,6,10H2,1-2H3,(H,23,25)(H,24,26). The lowest BCUT2D eigenvalue weighted by molar-refractivity contribution is -0.116. The predicted octanol–water partition coefficient (Wildman–Crippen LogP) is 4.36. The van der Waals surface area contributed by atoms with Crippen molar-refractivity contribution in [3.05, 3.63) is 75.8 Å². The van der Waals surface area contributed by atoms with Crippen molar-refractivity contribution in [1.29, 1.82) is 0 Å². The fraction of sp³-hybridized carbons (Fsp3) is 0.238. The first-order valence-corrected chi connectivity index (χ1v) is 8.63. The van der Waals surface area contributed by atoms with Crippen molar-refractivity contribution in [3.8, 4) is 0 Å². The quantitative estimate of drug-likeness (QED) is 0.716. The number of aromatic nitrogens is 1. The van der Waals surface area contributed by atoms with Gasteiger partial charge in [-0.15, -0.1) is 0 Å². The summed E-state index contributed by atoms with van der Waals surface area (Å²) in [4.78, 5) is 26.9. The number of hydrogen-bond donors (Lipinski definition) is 2. The Balaban J connectivity index is 1.65. The van der Waals surface area contributed by atoms with Gasteiger partial charge in [0.1, 0.15) is 5.82 Å². The number of carbonyl (C=O) groups excluding carboxylic acids is 1. The van der Waals surface area contributed by atoms with Gasteiger partial charge in [-0.05, 0) is 59.7 Å². The highest BCUT2D eigenvalue weighted by Crippen LogP contribution is 2.17. The first kappa shape index (κ1) is 17.9. The highest BCUT2D eigenvalue weighted by atomic mass is 19.1. The molecule has 134 valence electrons. The summed E-state index contributed by atoms with van der Waals surface area (Å²) in [6, 6.07) is 13.7. The molecule has 0 unspecified atom stereocenters. The Morgan fingerprint density at radius 1 is 1.12 bits per heavy atom. The largest absolute Gasteiger partial charge is 0.326 e. The first-order chi connectivity index (χ1) is 12.4. The van der Waals surface area contributed by atoms with Crippen LogP contribution >= 0.6 is 0 Å². The van der Waals surface area contributed by atoms with Crippen LogP contribution in [0.3, 0.4) is 0 Å². The molecule has 0 radical (unpaired) electrons. The third-order valence-electron chi connectivity index (χ3n) is 4.37. The van der Waals surface area contributed by atoms with Crippen LogP contribution in [0.1, 0.15) is 37.3 Å². The van der Waals surface area contributed by atoms with E-state index in [1.807, 2.05) is 24.3 Å². The van der Waals surface area contributed by atoms with Gasteiger partial charge in [0.15, 0.2) is 0 Å². The van der Waals surface area contributed by atoms with Crippen LogP contribution in [0.4, 0.5) is 10.1 Å². The zero-order valence-electron chi connectivity index (χ0n) is 14.8. The second kappa shape index (κ2) is 7.52. The van der Waals surface area contributed by atoms with Gasteiger partial charge in [-0.1, -0.05) is 26.0 Å². The highest BCUT2D eigenvalue weighted by molar-refractivity contribution is 5.91. The molecule has 1 heterocycles. The number of anilines is 1. The van der Waals surface area contributed by atoms with Gasteiger partial charge in [0.05, 0.1) is 5.52 Å². The number of rotatable bonds is 5. The van der Waals surface area contributed by atoms with Crippen molar-refractivity contribution in [2.75, 3.05) is 5.32 Å². The molecule has 5 heteroatoms. The van der Waals surface area contributed by atoms with E-state index in [-0.39, 0.29) is 17.9 Å². The van der Waals surface area contributed by atoms with Gasteiger partial charge in [-0.2, -0.15) is 0 Å². The molecule has 0 bridgehead atoms. The molecule has 0 atom stereocenters. The molecule has 0 spiro atoms. The highest BCUT2D eigenvalue weighted by Gasteiger charge is 2.08. The van der Waals surface area contributed by atoms with Crippen LogP contribution in [-0.2, 0) is 11.2 Å². The number of amides is 1. The van der Waals surface area contributed by atoms with E-state index in [1.54, 1.807) is 12.1 Å². The monoisotopic (exact) mass is 352 g/mol. The van der Waals surface area contributed by atoms with Crippen molar-refractivity contribution < 1.29 is 9.18 Å². The van der Waals surface area contributed by atoms with Crippen LogP contribution in [0, 0.1) is 5.82 Å². The lowest BCUT2D eigenvalue weighted by Crippen LogP contribution is -2.17. The van der Waals surface area contributed by atoms with Gasteiger partial charge >= 0.3 is 0 Å². The zero-order chi connectivity index (χ0) is 18.7. The minimum atomic E-state index is -0.399. The predicted molar refractivity (Wildman–Crippen MR) is 102 cm³/mol. The van der Waals surface area contributed by atoms with E-state index in [9.17, 15) is 14.0 Å². The number of nitrogens with one attached hydrogen (secondary N) is 2. The smallest absolute Gasteiger partial charge is 0.251 e. The molecule has 2 aromatic carbocycles. The summed E-state index contributed by atoms with van der Waals surface area (Å²) in [7, 11) is 0. The molecular formula is C21H21FN2O2. The van der Waals surface area contributed by atoms with E-state index in [0.717, 1.165) is 11.1 Å². The molecule has 3 aromatic rings. The minimum absolute atomic E-state index is 0.152. The number of aryl methyl sites for hydroxylation is 1. The van der Waals surface area contributed by atoms with E-state index < -0.39 is 5.82 Å². The van der Waals surface area contributed by atoms with Crippen LogP contribution in [0.2, 0.25) is 0 Å². The topological polar surface area (TPSA) is 62.0 Å². The molecular weight excluding hydrogens is 331 g/mol. The summed E-state index contributed by atoms with van der Waals surface area (Å²) < 4.78 is 13.2. The van der Waals surface area contributed by atoms with E-state index in [0.29, 0.717) is 23.4 Å². The number of benzene rings is 2. The Morgan fingerprint density at radius 3 is 2.54 bits per heavy atom. The van der Waals surface area contributed by atoms with E-state index in [4.69, 9.17) is 0 Å². The SMILES string of the molecule is CC(C)c1ccc(NC(=O)CCc2cc3ccc(F)cc3[nH]c2=O)cc1. The Kier molecular flexibility index (Phi) is 5.16. The summed E-state index contributed by atoms with van der Waals surface area (Å²) in [5, 5.41) is 3.58. The Morgan fingerprint density at radius 2 is 1.85 bits per heavy atom. The second-order valence-electron chi connectivity index (χ2n) is 6.68. The number of hydrogen-bond acceptors (Lipinski definition) is 2. The van der Waals surface area contributed by atoms with Crippen LogP contribution < -0.4 is 10.9 Å². The molecule has 1 aromatic heterocycles. The summed E-state index contributed by atoms with van der Waals surface area (Å²) in [6.45, 7) is 4.23. The molecule has 2 N–H and O–H groups in total. The van der Waals surface area contributed by atoms with E-state index in [2.05, 4.69) is 24.1 Å².